The molecular formula is C12H18ClNOS. The van der Waals surface area contributed by atoms with E-state index < -0.39 is 0 Å². The molecule has 0 saturated carbocycles. The molecule has 1 rings (SSSR count). The number of hydrogen-bond acceptors (Lipinski definition) is 3. The highest BCUT2D eigenvalue weighted by molar-refractivity contribution is 8.00. The van der Waals surface area contributed by atoms with Gasteiger partial charge in [-0.05, 0) is 31.7 Å². The highest BCUT2D eigenvalue weighted by Gasteiger charge is 2.11. The largest absolute Gasteiger partial charge is 0.392 e. The molecule has 0 saturated heterocycles. The molecule has 90 valence electrons. The third-order valence-corrected chi connectivity index (χ3v) is 4.04. The van der Waals surface area contributed by atoms with E-state index in [1.165, 1.54) is 0 Å². The normalized spacial score (nSPS) is 14.8. The van der Waals surface area contributed by atoms with Crippen molar-refractivity contribution in [3.8, 4) is 0 Å². The maximum atomic E-state index is 9.43. The molecule has 1 aromatic rings. The van der Waals surface area contributed by atoms with Gasteiger partial charge < -0.3 is 10.4 Å². The number of thioether (sulfide) groups is 1. The Morgan fingerprint density at radius 2 is 2.12 bits per heavy atom. The van der Waals surface area contributed by atoms with E-state index in [1.54, 1.807) is 18.7 Å². The molecule has 16 heavy (non-hydrogen) atoms. The summed E-state index contributed by atoms with van der Waals surface area (Å²) in [6.45, 7) is 4.58. The Bertz CT molecular complexity index is 344. The molecule has 0 spiro atoms. The number of hydrogen-bond donors (Lipinski definition) is 2. The first-order valence-corrected chi connectivity index (χ1v) is 6.58. The molecular weight excluding hydrogens is 242 g/mol. The van der Waals surface area contributed by atoms with Crippen LogP contribution in [0.5, 0.6) is 0 Å². The molecule has 0 fully saturated rings. The maximum Gasteiger partial charge on any atom is 0.0631 e. The van der Waals surface area contributed by atoms with Crippen molar-refractivity contribution in [1.82, 2.24) is 5.32 Å². The van der Waals surface area contributed by atoms with Crippen LogP contribution in [0.2, 0.25) is 5.02 Å². The van der Waals surface area contributed by atoms with Crippen LogP contribution in [0.25, 0.3) is 0 Å². The zero-order chi connectivity index (χ0) is 12.1. The minimum absolute atomic E-state index is 0.172. The van der Waals surface area contributed by atoms with E-state index in [0.717, 1.165) is 22.0 Å². The molecule has 0 aliphatic carbocycles. The summed E-state index contributed by atoms with van der Waals surface area (Å²) in [7, 11) is 1.90. The molecule has 0 bridgehead atoms. The minimum Gasteiger partial charge on any atom is -0.392 e. The van der Waals surface area contributed by atoms with Crippen LogP contribution in [0, 0.1) is 0 Å². The summed E-state index contributed by atoms with van der Waals surface area (Å²) in [4.78, 5) is 1.10. The van der Waals surface area contributed by atoms with Gasteiger partial charge in [-0.15, -0.1) is 11.8 Å². The lowest BCUT2D eigenvalue weighted by molar-refractivity contribution is 0.196. The smallest absolute Gasteiger partial charge is 0.0631 e. The van der Waals surface area contributed by atoms with Crippen molar-refractivity contribution in [2.45, 2.75) is 36.6 Å². The second-order valence-electron chi connectivity index (χ2n) is 3.85. The second-order valence-corrected chi connectivity index (χ2v) is 5.70. The fraction of sp³-hybridized carbons (Fsp3) is 0.500. The summed E-state index contributed by atoms with van der Waals surface area (Å²) in [5, 5.41) is 13.4. The lowest BCUT2D eigenvalue weighted by atomic mass is 10.2. The third kappa shape index (κ3) is 3.98. The van der Waals surface area contributed by atoms with Crippen LogP contribution in [0.1, 0.15) is 19.4 Å². The van der Waals surface area contributed by atoms with Crippen molar-refractivity contribution < 1.29 is 5.11 Å². The number of benzene rings is 1. The number of nitrogens with one attached hydrogen (secondary N) is 1. The average Bonchev–Trinajstić information content (AvgIpc) is 2.22. The molecule has 0 amide bonds. The molecule has 0 heterocycles. The molecule has 0 aromatic heterocycles. The summed E-state index contributed by atoms with van der Waals surface area (Å²) in [5.41, 5.74) is 1.10. The molecule has 0 aliphatic heterocycles. The summed E-state index contributed by atoms with van der Waals surface area (Å²) in [6, 6.07) is 6.02. The molecule has 0 aliphatic rings. The first kappa shape index (κ1) is 13.8. The SMILES string of the molecule is CNCc1ccc(SC(C)C(C)O)cc1Cl. The Morgan fingerprint density at radius 3 is 2.62 bits per heavy atom. The van der Waals surface area contributed by atoms with E-state index in [-0.39, 0.29) is 11.4 Å². The van der Waals surface area contributed by atoms with Crippen LogP contribution >= 0.6 is 23.4 Å². The molecule has 4 heteroatoms. The highest BCUT2D eigenvalue weighted by Crippen LogP contribution is 2.29. The minimum atomic E-state index is -0.319. The van der Waals surface area contributed by atoms with Gasteiger partial charge in [0.15, 0.2) is 0 Å². The Morgan fingerprint density at radius 1 is 1.44 bits per heavy atom. The van der Waals surface area contributed by atoms with Crippen molar-refractivity contribution in [2.75, 3.05) is 7.05 Å². The van der Waals surface area contributed by atoms with Gasteiger partial charge in [0, 0.05) is 21.7 Å². The molecule has 2 atom stereocenters. The van der Waals surface area contributed by atoms with Crippen LogP contribution in [-0.2, 0) is 6.54 Å². The second kappa shape index (κ2) is 6.50. The van der Waals surface area contributed by atoms with Gasteiger partial charge in [0.1, 0.15) is 0 Å². The number of rotatable bonds is 5. The summed E-state index contributed by atoms with van der Waals surface area (Å²) in [6.07, 6.45) is -0.319. The molecule has 0 radical (unpaired) electrons. The van der Waals surface area contributed by atoms with Crippen LogP contribution in [0.4, 0.5) is 0 Å². The summed E-state index contributed by atoms with van der Waals surface area (Å²) >= 11 is 7.79. The van der Waals surface area contributed by atoms with Crippen molar-refractivity contribution in [3.63, 3.8) is 0 Å². The van der Waals surface area contributed by atoms with Crippen molar-refractivity contribution in [1.29, 1.82) is 0 Å². The number of aliphatic hydroxyl groups excluding tert-OH is 1. The predicted octanol–water partition coefficient (Wildman–Crippen LogP) is 2.92. The predicted molar refractivity (Wildman–Crippen MR) is 71.2 cm³/mol. The Hall–Kier alpha value is -0.220. The standard InChI is InChI=1S/C12H18ClNOS/c1-8(15)9(2)16-11-5-4-10(7-14-3)12(13)6-11/h4-6,8-9,14-15H,7H2,1-3H3. The number of aliphatic hydroxyl groups is 1. The monoisotopic (exact) mass is 259 g/mol. The van der Waals surface area contributed by atoms with E-state index in [0.29, 0.717) is 0 Å². The van der Waals surface area contributed by atoms with E-state index >= 15 is 0 Å². The fourth-order valence-electron chi connectivity index (χ4n) is 1.25. The summed E-state index contributed by atoms with van der Waals surface area (Å²) in [5.74, 6) is 0. The Kier molecular flexibility index (Phi) is 5.62. The van der Waals surface area contributed by atoms with Crippen LogP contribution in [0.15, 0.2) is 23.1 Å². The fourth-order valence-corrected chi connectivity index (χ4v) is 2.52. The number of halogens is 1. The van der Waals surface area contributed by atoms with Crippen molar-refractivity contribution in [2.24, 2.45) is 0 Å². The van der Waals surface area contributed by atoms with Gasteiger partial charge in [-0.25, -0.2) is 0 Å². The third-order valence-electron chi connectivity index (χ3n) is 2.39. The van der Waals surface area contributed by atoms with Crippen LogP contribution in [-0.4, -0.2) is 23.5 Å². The Labute approximate surface area is 106 Å². The lowest BCUT2D eigenvalue weighted by Crippen LogP contribution is -2.14. The van der Waals surface area contributed by atoms with Gasteiger partial charge in [-0.3, -0.25) is 0 Å². The molecule has 2 N–H and O–H groups in total. The zero-order valence-corrected chi connectivity index (χ0v) is 11.4. The molecule has 1 aromatic carbocycles. The van der Waals surface area contributed by atoms with Gasteiger partial charge in [-0.2, -0.15) is 0 Å². The molecule has 2 nitrogen and oxygen atoms in total. The van der Waals surface area contributed by atoms with Crippen molar-refractivity contribution in [3.05, 3.63) is 28.8 Å². The lowest BCUT2D eigenvalue weighted by Gasteiger charge is -2.14. The van der Waals surface area contributed by atoms with Gasteiger partial charge in [0.25, 0.3) is 0 Å². The van der Waals surface area contributed by atoms with E-state index in [2.05, 4.69) is 5.32 Å². The van der Waals surface area contributed by atoms with Gasteiger partial charge in [0.05, 0.1) is 6.10 Å². The first-order chi connectivity index (χ1) is 7.54. The maximum absolute atomic E-state index is 9.43. The van der Waals surface area contributed by atoms with Gasteiger partial charge >= 0.3 is 0 Å². The van der Waals surface area contributed by atoms with E-state index in [9.17, 15) is 5.11 Å². The van der Waals surface area contributed by atoms with E-state index in [1.807, 2.05) is 32.2 Å². The first-order valence-electron chi connectivity index (χ1n) is 5.32. The van der Waals surface area contributed by atoms with Crippen LogP contribution < -0.4 is 5.32 Å². The summed E-state index contributed by atoms with van der Waals surface area (Å²) < 4.78 is 0. The van der Waals surface area contributed by atoms with Gasteiger partial charge in [-0.1, -0.05) is 24.6 Å². The quantitative estimate of drug-likeness (QED) is 0.798. The zero-order valence-electron chi connectivity index (χ0n) is 9.83. The molecule has 2 unspecified atom stereocenters. The van der Waals surface area contributed by atoms with Gasteiger partial charge in [0.2, 0.25) is 0 Å². The van der Waals surface area contributed by atoms with E-state index in [4.69, 9.17) is 11.6 Å². The van der Waals surface area contributed by atoms with Crippen molar-refractivity contribution >= 4 is 23.4 Å². The van der Waals surface area contributed by atoms with Crippen LogP contribution in [0.3, 0.4) is 0 Å². The topological polar surface area (TPSA) is 32.3 Å². The highest BCUT2D eigenvalue weighted by atomic mass is 35.5. The Balaban J connectivity index is 2.73. The average molecular weight is 260 g/mol.